The molecule has 0 radical (unpaired) electrons. The first-order valence-corrected chi connectivity index (χ1v) is 6.74. The summed E-state index contributed by atoms with van der Waals surface area (Å²) in [6, 6.07) is 2.85. The molecular formula is C12H10Cl2FN5. The van der Waals surface area contributed by atoms with Crippen molar-refractivity contribution in [2.75, 3.05) is 0 Å². The number of aryl methyl sites for hydroxylation is 1. The van der Waals surface area contributed by atoms with Crippen molar-refractivity contribution in [3.8, 4) is 0 Å². The summed E-state index contributed by atoms with van der Waals surface area (Å²) in [5, 5.41) is 7.91. The summed E-state index contributed by atoms with van der Waals surface area (Å²) < 4.78 is 17.2. The first-order valence-electron chi connectivity index (χ1n) is 5.83. The van der Waals surface area contributed by atoms with Crippen molar-refractivity contribution in [1.29, 1.82) is 0 Å². The zero-order valence-electron chi connectivity index (χ0n) is 10.5. The van der Waals surface area contributed by atoms with Gasteiger partial charge in [0.15, 0.2) is 5.82 Å². The van der Waals surface area contributed by atoms with E-state index in [0.29, 0.717) is 17.9 Å². The van der Waals surface area contributed by atoms with E-state index in [-0.39, 0.29) is 10.9 Å². The molecule has 3 rings (SSSR count). The first-order chi connectivity index (χ1) is 9.60. The Kier molecular flexibility index (Phi) is 3.35. The van der Waals surface area contributed by atoms with Gasteiger partial charge >= 0.3 is 0 Å². The van der Waals surface area contributed by atoms with Crippen LogP contribution < -0.4 is 0 Å². The summed E-state index contributed by atoms with van der Waals surface area (Å²) in [5.74, 6) is 1.09. The van der Waals surface area contributed by atoms with Crippen LogP contribution in [-0.2, 0) is 19.5 Å². The second-order valence-corrected chi connectivity index (χ2v) is 5.04. The molecule has 5 nitrogen and oxygen atoms in total. The molecule has 8 heteroatoms. The molecule has 2 heterocycles. The van der Waals surface area contributed by atoms with Crippen LogP contribution >= 0.6 is 23.2 Å². The Labute approximate surface area is 124 Å². The highest BCUT2D eigenvalue weighted by Crippen LogP contribution is 2.25. The molecule has 0 saturated carbocycles. The number of aromatic nitrogens is 5. The molecule has 0 fully saturated rings. The van der Waals surface area contributed by atoms with Gasteiger partial charge in [-0.25, -0.2) is 9.37 Å². The standard InChI is InChI=1S/C12H10Cl2FN5/c1-19-6-16-18-12(19)5-20-10-2-7(14)8(15)3-9(10)17-11(20)4-13/h2-3,6H,4-5H2,1H3. The number of halogens is 3. The number of benzene rings is 1. The average molecular weight is 314 g/mol. The minimum absolute atomic E-state index is 0.0535. The van der Waals surface area contributed by atoms with Gasteiger partial charge in [-0.05, 0) is 6.07 Å². The SMILES string of the molecule is Cn1cnnc1Cn1c(CCl)nc2cc(F)c(Cl)cc21. The third kappa shape index (κ3) is 2.14. The molecule has 1 aromatic carbocycles. The zero-order chi connectivity index (χ0) is 14.3. The molecule has 0 bridgehead atoms. The quantitative estimate of drug-likeness (QED) is 0.699. The molecule has 3 aromatic rings. The lowest BCUT2D eigenvalue weighted by molar-refractivity contribution is 0.629. The first kappa shape index (κ1) is 13.3. The second kappa shape index (κ2) is 5.03. The van der Waals surface area contributed by atoms with E-state index in [1.54, 1.807) is 17.0 Å². The highest BCUT2D eigenvalue weighted by molar-refractivity contribution is 6.31. The average Bonchev–Trinajstić information content (AvgIpc) is 2.96. The van der Waals surface area contributed by atoms with E-state index in [0.717, 1.165) is 11.3 Å². The number of hydrogen-bond acceptors (Lipinski definition) is 3. The maximum atomic E-state index is 13.5. The van der Waals surface area contributed by atoms with Crippen molar-refractivity contribution in [1.82, 2.24) is 24.3 Å². The zero-order valence-corrected chi connectivity index (χ0v) is 12.0. The topological polar surface area (TPSA) is 48.5 Å². The van der Waals surface area contributed by atoms with E-state index in [9.17, 15) is 4.39 Å². The van der Waals surface area contributed by atoms with Gasteiger partial charge in [0.05, 0.1) is 28.5 Å². The molecule has 0 saturated heterocycles. The fourth-order valence-electron chi connectivity index (χ4n) is 2.04. The lowest BCUT2D eigenvalue weighted by Gasteiger charge is -2.07. The minimum atomic E-state index is -0.497. The van der Waals surface area contributed by atoms with Crippen LogP contribution in [0, 0.1) is 5.82 Å². The van der Waals surface area contributed by atoms with Gasteiger partial charge in [0.25, 0.3) is 0 Å². The Balaban J connectivity index is 2.17. The van der Waals surface area contributed by atoms with Crippen molar-refractivity contribution in [3.05, 3.63) is 40.9 Å². The Morgan fingerprint density at radius 1 is 1.30 bits per heavy atom. The van der Waals surface area contributed by atoms with Gasteiger partial charge in [-0.15, -0.1) is 21.8 Å². The summed E-state index contributed by atoms with van der Waals surface area (Å²) in [7, 11) is 1.85. The molecule has 0 aliphatic heterocycles. The summed E-state index contributed by atoms with van der Waals surface area (Å²) in [6.07, 6.45) is 1.61. The van der Waals surface area contributed by atoms with Crippen molar-refractivity contribution in [2.24, 2.45) is 7.05 Å². The van der Waals surface area contributed by atoms with Crippen LogP contribution in [0.5, 0.6) is 0 Å². The normalized spacial score (nSPS) is 11.4. The molecule has 20 heavy (non-hydrogen) atoms. The van der Waals surface area contributed by atoms with Gasteiger partial charge in [-0.1, -0.05) is 11.6 Å². The molecule has 0 spiro atoms. The van der Waals surface area contributed by atoms with Crippen molar-refractivity contribution >= 4 is 34.2 Å². The fourth-order valence-corrected chi connectivity index (χ4v) is 2.40. The molecule has 0 amide bonds. The number of nitrogens with zero attached hydrogens (tertiary/aromatic N) is 5. The molecular weight excluding hydrogens is 304 g/mol. The van der Waals surface area contributed by atoms with Crippen molar-refractivity contribution < 1.29 is 4.39 Å². The smallest absolute Gasteiger partial charge is 0.152 e. The van der Waals surface area contributed by atoms with Crippen LogP contribution in [0.4, 0.5) is 4.39 Å². The number of imidazole rings is 1. The highest BCUT2D eigenvalue weighted by Gasteiger charge is 2.15. The molecule has 0 N–H and O–H groups in total. The van der Waals surface area contributed by atoms with Crippen LogP contribution in [0.25, 0.3) is 11.0 Å². The monoisotopic (exact) mass is 313 g/mol. The number of hydrogen-bond donors (Lipinski definition) is 0. The Morgan fingerprint density at radius 3 is 2.75 bits per heavy atom. The van der Waals surface area contributed by atoms with E-state index >= 15 is 0 Å². The van der Waals surface area contributed by atoms with Crippen LogP contribution in [0.2, 0.25) is 5.02 Å². The highest BCUT2D eigenvalue weighted by atomic mass is 35.5. The van der Waals surface area contributed by atoms with E-state index < -0.39 is 5.82 Å². The van der Waals surface area contributed by atoms with Crippen LogP contribution in [0.15, 0.2) is 18.5 Å². The Bertz CT molecular complexity index is 780. The van der Waals surface area contributed by atoms with Gasteiger partial charge in [0, 0.05) is 13.1 Å². The van der Waals surface area contributed by atoms with E-state index in [4.69, 9.17) is 23.2 Å². The Hall–Kier alpha value is -1.66. The van der Waals surface area contributed by atoms with Gasteiger partial charge < -0.3 is 9.13 Å². The van der Waals surface area contributed by atoms with Crippen LogP contribution in [0.3, 0.4) is 0 Å². The number of rotatable bonds is 3. The number of alkyl halides is 1. The summed E-state index contributed by atoms with van der Waals surface area (Å²) in [5.41, 5.74) is 1.24. The summed E-state index contributed by atoms with van der Waals surface area (Å²) in [6.45, 7) is 0.441. The number of fused-ring (bicyclic) bond motifs is 1. The largest absolute Gasteiger partial charge is 0.319 e. The second-order valence-electron chi connectivity index (χ2n) is 4.36. The predicted molar refractivity (Wildman–Crippen MR) is 74.4 cm³/mol. The molecule has 0 aliphatic carbocycles. The van der Waals surface area contributed by atoms with Gasteiger partial charge in [-0.2, -0.15) is 0 Å². The summed E-state index contributed by atoms with van der Waals surface area (Å²) in [4.78, 5) is 4.32. The van der Waals surface area contributed by atoms with Gasteiger partial charge in [0.2, 0.25) is 0 Å². The van der Waals surface area contributed by atoms with Crippen LogP contribution in [0.1, 0.15) is 11.6 Å². The maximum Gasteiger partial charge on any atom is 0.152 e. The van der Waals surface area contributed by atoms with Crippen molar-refractivity contribution in [2.45, 2.75) is 12.4 Å². The maximum absolute atomic E-state index is 13.5. The molecule has 0 unspecified atom stereocenters. The lowest BCUT2D eigenvalue weighted by Crippen LogP contribution is -2.08. The predicted octanol–water partition coefficient (Wildman–Crippen LogP) is 2.74. The molecule has 0 aliphatic rings. The Morgan fingerprint density at radius 2 is 2.10 bits per heavy atom. The lowest BCUT2D eigenvalue weighted by atomic mass is 10.3. The third-order valence-electron chi connectivity index (χ3n) is 3.09. The molecule has 104 valence electrons. The third-order valence-corrected chi connectivity index (χ3v) is 3.62. The fraction of sp³-hybridized carbons (Fsp3) is 0.250. The van der Waals surface area contributed by atoms with Gasteiger partial charge in [-0.3, -0.25) is 0 Å². The van der Waals surface area contributed by atoms with Crippen LogP contribution in [-0.4, -0.2) is 24.3 Å². The van der Waals surface area contributed by atoms with E-state index in [1.165, 1.54) is 6.07 Å². The molecule has 2 aromatic heterocycles. The van der Waals surface area contributed by atoms with Gasteiger partial charge in [0.1, 0.15) is 18.0 Å². The van der Waals surface area contributed by atoms with E-state index in [2.05, 4.69) is 15.2 Å². The van der Waals surface area contributed by atoms with E-state index in [1.807, 2.05) is 11.6 Å². The van der Waals surface area contributed by atoms with Crippen molar-refractivity contribution in [3.63, 3.8) is 0 Å². The minimum Gasteiger partial charge on any atom is -0.319 e. The molecule has 0 atom stereocenters. The summed E-state index contributed by atoms with van der Waals surface area (Å²) >= 11 is 11.8.